The van der Waals surface area contributed by atoms with Gasteiger partial charge in [-0.1, -0.05) is 0 Å². The lowest BCUT2D eigenvalue weighted by atomic mass is 10.2. The molecule has 0 atom stereocenters. The molecule has 2 rings (SSSR count). The third-order valence-electron chi connectivity index (χ3n) is 2.64. The SMILES string of the molecule is CN(Cc1cnn(C)c1)c1ccncc1CO. The van der Waals surface area contributed by atoms with Gasteiger partial charge in [0.2, 0.25) is 0 Å². The van der Waals surface area contributed by atoms with E-state index in [-0.39, 0.29) is 6.61 Å². The third kappa shape index (κ3) is 2.62. The van der Waals surface area contributed by atoms with Gasteiger partial charge in [-0.05, 0) is 6.07 Å². The van der Waals surface area contributed by atoms with Crippen molar-refractivity contribution >= 4 is 5.69 Å². The Hall–Kier alpha value is -1.88. The van der Waals surface area contributed by atoms with Crippen LogP contribution in [0.5, 0.6) is 0 Å². The van der Waals surface area contributed by atoms with E-state index in [9.17, 15) is 5.11 Å². The maximum absolute atomic E-state index is 9.25. The van der Waals surface area contributed by atoms with Crippen molar-refractivity contribution in [1.82, 2.24) is 14.8 Å². The Balaban J connectivity index is 2.16. The fraction of sp³-hybridized carbons (Fsp3) is 0.333. The van der Waals surface area contributed by atoms with Gasteiger partial charge >= 0.3 is 0 Å². The number of nitrogens with zero attached hydrogens (tertiary/aromatic N) is 4. The van der Waals surface area contributed by atoms with E-state index >= 15 is 0 Å². The molecule has 0 radical (unpaired) electrons. The van der Waals surface area contributed by atoms with Crippen LogP contribution >= 0.6 is 0 Å². The first-order valence-corrected chi connectivity index (χ1v) is 5.43. The van der Waals surface area contributed by atoms with Gasteiger partial charge in [0.05, 0.1) is 12.8 Å². The number of aliphatic hydroxyl groups is 1. The Kier molecular flexibility index (Phi) is 3.39. The molecule has 0 saturated carbocycles. The monoisotopic (exact) mass is 232 g/mol. The fourth-order valence-corrected chi connectivity index (χ4v) is 1.83. The standard InChI is InChI=1S/C12H16N4O/c1-15(7-10-5-14-16(2)8-10)12-3-4-13-6-11(12)9-17/h3-6,8,17H,7,9H2,1-2H3. The highest BCUT2D eigenvalue weighted by atomic mass is 16.3. The van der Waals surface area contributed by atoms with Gasteiger partial charge in [-0.3, -0.25) is 9.67 Å². The number of hydrogen-bond acceptors (Lipinski definition) is 4. The smallest absolute Gasteiger partial charge is 0.0717 e. The lowest BCUT2D eigenvalue weighted by Gasteiger charge is -2.20. The Morgan fingerprint density at radius 3 is 2.88 bits per heavy atom. The number of aryl methyl sites for hydroxylation is 1. The maximum Gasteiger partial charge on any atom is 0.0717 e. The van der Waals surface area contributed by atoms with Gasteiger partial charge in [0.25, 0.3) is 0 Å². The molecule has 2 heterocycles. The minimum absolute atomic E-state index is 0.000549. The minimum Gasteiger partial charge on any atom is -0.392 e. The summed E-state index contributed by atoms with van der Waals surface area (Å²) in [6, 6.07) is 1.90. The topological polar surface area (TPSA) is 54.2 Å². The van der Waals surface area contributed by atoms with Gasteiger partial charge in [-0.2, -0.15) is 5.10 Å². The van der Waals surface area contributed by atoms with E-state index in [1.807, 2.05) is 32.6 Å². The zero-order valence-corrected chi connectivity index (χ0v) is 10.0. The summed E-state index contributed by atoms with van der Waals surface area (Å²) in [5.74, 6) is 0. The molecule has 17 heavy (non-hydrogen) atoms. The summed E-state index contributed by atoms with van der Waals surface area (Å²) in [5, 5.41) is 13.4. The van der Waals surface area contributed by atoms with E-state index in [1.54, 1.807) is 17.1 Å². The first-order chi connectivity index (χ1) is 8.20. The van der Waals surface area contributed by atoms with Crippen LogP contribution in [-0.4, -0.2) is 26.9 Å². The van der Waals surface area contributed by atoms with Crippen molar-refractivity contribution in [2.24, 2.45) is 7.05 Å². The van der Waals surface area contributed by atoms with Gasteiger partial charge < -0.3 is 10.0 Å². The fourth-order valence-electron chi connectivity index (χ4n) is 1.83. The summed E-state index contributed by atoms with van der Waals surface area (Å²) in [5.41, 5.74) is 2.96. The molecule has 2 aromatic heterocycles. The number of rotatable bonds is 4. The highest BCUT2D eigenvalue weighted by Crippen LogP contribution is 2.19. The Bertz CT molecular complexity index is 495. The second kappa shape index (κ2) is 4.97. The summed E-state index contributed by atoms with van der Waals surface area (Å²) >= 11 is 0. The van der Waals surface area contributed by atoms with E-state index < -0.39 is 0 Å². The average Bonchev–Trinajstić information content (AvgIpc) is 2.74. The maximum atomic E-state index is 9.25. The molecule has 0 fully saturated rings. The van der Waals surface area contributed by atoms with Gasteiger partial charge in [0, 0.05) is 56.0 Å². The molecule has 90 valence electrons. The van der Waals surface area contributed by atoms with Crippen LogP contribution < -0.4 is 4.90 Å². The van der Waals surface area contributed by atoms with Crippen molar-refractivity contribution in [2.45, 2.75) is 13.2 Å². The van der Waals surface area contributed by atoms with Crippen LogP contribution in [0.1, 0.15) is 11.1 Å². The molecule has 2 aromatic rings. The second-order valence-corrected chi connectivity index (χ2v) is 4.04. The zero-order valence-electron chi connectivity index (χ0n) is 10.0. The zero-order chi connectivity index (χ0) is 12.3. The average molecular weight is 232 g/mol. The predicted octanol–water partition coefficient (Wildman–Crippen LogP) is 0.944. The first kappa shape index (κ1) is 11.6. The Labute approximate surface area is 100 Å². The molecule has 0 spiro atoms. The van der Waals surface area contributed by atoms with Crippen LogP contribution in [0.4, 0.5) is 5.69 Å². The van der Waals surface area contributed by atoms with E-state index in [2.05, 4.69) is 15.0 Å². The second-order valence-electron chi connectivity index (χ2n) is 4.04. The number of aromatic nitrogens is 3. The molecule has 0 aliphatic rings. The van der Waals surface area contributed by atoms with Crippen molar-refractivity contribution < 1.29 is 5.11 Å². The summed E-state index contributed by atoms with van der Waals surface area (Å²) in [6.07, 6.45) is 7.25. The lowest BCUT2D eigenvalue weighted by molar-refractivity contribution is 0.281. The number of aliphatic hydroxyl groups excluding tert-OH is 1. The lowest BCUT2D eigenvalue weighted by Crippen LogP contribution is -2.17. The molecule has 0 aliphatic carbocycles. The first-order valence-electron chi connectivity index (χ1n) is 5.43. The third-order valence-corrected chi connectivity index (χ3v) is 2.64. The number of anilines is 1. The Morgan fingerprint density at radius 2 is 2.24 bits per heavy atom. The molecule has 0 aromatic carbocycles. The predicted molar refractivity (Wildman–Crippen MR) is 65.5 cm³/mol. The summed E-state index contributed by atoms with van der Waals surface area (Å²) < 4.78 is 1.78. The molecular formula is C12H16N4O. The molecule has 5 nitrogen and oxygen atoms in total. The highest BCUT2D eigenvalue weighted by molar-refractivity contribution is 5.51. The van der Waals surface area contributed by atoms with Crippen LogP contribution in [0, 0.1) is 0 Å². The van der Waals surface area contributed by atoms with Gasteiger partial charge in [0.1, 0.15) is 0 Å². The van der Waals surface area contributed by atoms with Crippen LogP contribution in [0.15, 0.2) is 30.9 Å². The van der Waals surface area contributed by atoms with E-state index in [0.29, 0.717) is 0 Å². The van der Waals surface area contributed by atoms with Gasteiger partial charge in [-0.25, -0.2) is 0 Å². The van der Waals surface area contributed by atoms with Crippen LogP contribution in [0.25, 0.3) is 0 Å². The van der Waals surface area contributed by atoms with Crippen LogP contribution in [0.2, 0.25) is 0 Å². The largest absolute Gasteiger partial charge is 0.392 e. The summed E-state index contributed by atoms with van der Waals surface area (Å²) in [6.45, 7) is 0.755. The summed E-state index contributed by atoms with van der Waals surface area (Å²) in [4.78, 5) is 6.08. The normalized spacial score (nSPS) is 10.5. The van der Waals surface area contributed by atoms with Crippen molar-refractivity contribution in [3.8, 4) is 0 Å². The molecule has 0 aliphatic heterocycles. The van der Waals surface area contributed by atoms with E-state index in [4.69, 9.17) is 0 Å². The molecule has 0 unspecified atom stereocenters. The van der Waals surface area contributed by atoms with E-state index in [1.165, 1.54) is 0 Å². The molecular weight excluding hydrogens is 216 g/mol. The Morgan fingerprint density at radius 1 is 1.41 bits per heavy atom. The van der Waals surface area contributed by atoms with Crippen molar-refractivity contribution in [2.75, 3.05) is 11.9 Å². The molecule has 5 heteroatoms. The highest BCUT2D eigenvalue weighted by Gasteiger charge is 2.08. The molecule has 1 N–H and O–H groups in total. The number of hydrogen-bond donors (Lipinski definition) is 1. The van der Waals surface area contributed by atoms with Crippen molar-refractivity contribution in [1.29, 1.82) is 0 Å². The van der Waals surface area contributed by atoms with Crippen LogP contribution in [0.3, 0.4) is 0 Å². The quantitative estimate of drug-likeness (QED) is 0.852. The number of pyridine rings is 1. The van der Waals surface area contributed by atoms with Gasteiger partial charge in [0.15, 0.2) is 0 Å². The van der Waals surface area contributed by atoms with Crippen molar-refractivity contribution in [3.63, 3.8) is 0 Å². The molecule has 0 saturated heterocycles. The molecule has 0 bridgehead atoms. The minimum atomic E-state index is 0.000549. The summed E-state index contributed by atoms with van der Waals surface area (Å²) in [7, 11) is 3.89. The van der Waals surface area contributed by atoms with Crippen molar-refractivity contribution in [3.05, 3.63) is 42.0 Å². The van der Waals surface area contributed by atoms with E-state index in [0.717, 1.165) is 23.4 Å². The van der Waals surface area contributed by atoms with Gasteiger partial charge in [-0.15, -0.1) is 0 Å². The van der Waals surface area contributed by atoms with Crippen LogP contribution in [-0.2, 0) is 20.2 Å². The molecule has 0 amide bonds.